The zero-order valence-electron chi connectivity index (χ0n) is 17.0. The van der Waals surface area contributed by atoms with E-state index in [1.54, 1.807) is 24.5 Å². The van der Waals surface area contributed by atoms with Gasteiger partial charge in [-0.25, -0.2) is 0 Å². The van der Waals surface area contributed by atoms with Crippen LogP contribution in [0.15, 0.2) is 41.2 Å². The van der Waals surface area contributed by atoms with E-state index in [1.807, 2.05) is 30.3 Å². The number of fused-ring (bicyclic) bond motifs is 2. The third-order valence-electron chi connectivity index (χ3n) is 5.15. The van der Waals surface area contributed by atoms with E-state index in [0.717, 1.165) is 34.6 Å². The van der Waals surface area contributed by atoms with Gasteiger partial charge in [-0.2, -0.15) is 0 Å². The number of hydrogen-bond donors (Lipinski definition) is 2. The fourth-order valence-electron chi connectivity index (χ4n) is 3.51. The first kappa shape index (κ1) is 21.2. The van der Waals surface area contributed by atoms with Crippen LogP contribution in [0.25, 0.3) is 20.2 Å². The second-order valence-corrected chi connectivity index (χ2v) is 7.80. The van der Waals surface area contributed by atoms with Gasteiger partial charge in [-0.1, -0.05) is 26.0 Å². The monoisotopic (exact) mass is 413 g/mol. The number of ether oxygens (including phenoxy) is 1. The molecule has 2 aromatic carbocycles. The van der Waals surface area contributed by atoms with Crippen molar-refractivity contribution >= 4 is 37.9 Å². The summed E-state index contributed by atoms with van der Waals surface area (Å²) in [6, 6.07) is 11.3. The lowest BCUT2D eigenvalue weighted by Gasteiger charge is -2.23. The number of nitrogens with zero attached hydrogens (tertiary/aromatic N) is 1. The van der Waals surface area contributed by atoms with Gasteiger partial charge in [0, 0.05) is 38.8 Å². The van der Waals surface area contributed by atoms with Crippen LogP contribution in [-0.2, 0) is 4.79 Å². The number of nitrogens with one attached hydrogen (secondary N) is 2. The second kappa shape index (κ2) is 9.82. The predicted molar refractivity (Wildman–Crippen MR) is 120 cm³/mol. The van der Waals surface area contributed by atoms with Crippen molar-refractivity contribution in [2.24, 2.45) is 0 Å². The molecule has 3 rings (SSSR count). The topological polar surface area (TPSA) is 70.7 Å². The van der Waals surface area contributed by atoms with Gasteiger partial charge < -0.3 is 15.0 Å². The lowest BCUT2D eigenvalue weighted by atomic mass is 10.1. The van der Waals surface area contributed by atoms with Crippen molar-refractivity contribution in [3.63, 3.8) is 0 Å². The van der Waals surface area contributed by atoms with E-state index >= 15 is 0 Å². The molecule has 1 heterocycles. The van der Waals surface area contributed by atoms with Crippen LogP contribution >= 0.6 is 11.3 Å². The Bertz CT molecular complexity index is 1050. The van der Waals surface area contributed by atoms with Crippen molar-refractivity contribution in [3.8, 4) is 5.75 Å². The van der Waals surface area contributed by atoms with E-state index in [2.05, 4.69) is 29.4 Å². The normalized spacial score (nSPS) is 12.4. The van der Waals surface area contributed by atoms with Crippen LogP contribution in [0, 0.1) is 0 Å². The molecule has 1 atom stereocenters. The minimum absolute atomic E-state index is 0.0495. The van der Waals surface area contributed by atoms with Gasteiger partial charge >= 0.3 is 0 Å². The van der Waals surface area contributed by atoms with E-state index in [0.29, 0.717) is 29.5 Å². The number of methoxy groups -OCH3 is 1. The van der Waals surface area contributed by atoms with Crippen LogP contribution in [0.3, 0.4) is 0 Å². The van der Waals surface area contributed by atoms with Crippen molar-refractivity contribution in [1.82, 2.24) is 15.5 Å². The molecule has 0 radical (unpaired) electrons. The molecule has 0 saturated carbocycles. The first-order valence-electron chi connectivity index (χ1n) is 9.81. The van der Waals surface area contributed by atoms with E-state index < -0.39 is 6.17 Å². The molecule has 1 aromatic heterocycles. The zero-order chi connectivity index (χ0) is 20.8. The second-order valence-electron chi connectivity index (χ2n) is 6.71. The SMILES string of the molecule is CCN(CC)CCNC(NC=O)c1cccc2sc3ccc(OC)cc3c(=O)c12. The Morgan fingerprint density at radius 1 is 1.17 bits per heavy atom. The van der Waals surface area contributed by atoms with E-state index in [-0.39, 0.29) is 5.43 Å². The molecule has 0 aliphatic heterocycles. The summed E-state index contributed by atoms with van der Waals surface area (Å²) in [5.41, 5.74) is 0.728. The van der Waals surface area contributed by atoms with E-state index in [9.17, 15) is 9.59 Å². The summed E-state index contributed by atoms with van der Waals surface area (Å²) in [5.74, 6) is 0.651. The maximum absolute atomic E-state index is 13.4. The molecule has 0 fully saturated rings. The Morgan fingerprint density at radius 3 is 2.66 bits per heavy atom. The standard InChI is InChI=1S/C22H27N3O3S/c1-4-25(5-2)12-11-23-22(24-14-26)16-7-6-8-19-20(16)21(27)17-13-15(28-3)9-10-18(17)29-19/h6-10,13-14,22-23H,4-5,11-12H2,1-3H3,(H,24,26). The third kappa shape index (κ3) is 4.58. The van der Waals surface area contributed by atoms with E-state index in [4.69, 9.17) is 4.74 Å². The lowest BCUT2D eigenvalue weighted by molar-refractivity contribution is -0.110. The van der Waals surface area contributed by atoms with Crippen molar-refractivity contribution in [2.45, 2.75) is 20.0 Å². The average Bonchev–Trinajstić information content (AvgIpc) is 2.75. The van der Waals surface area contributed by atoms with Gasteiger partial charge in [0.05, 0.1) is 7.11 Å². The Balaban J connectivity index is 2.04. The van der Waals surface area contributed by atoms with Crippen molar-refractivity contribution < 1.29 is 9.53 Å². The van der Waals surface area contributed by atoms with Gasteiger partial charge in [0.2, 0.25) is 6.41 Å². The fourth-order valence-corrected chi connectivity index (χ4v) is 4.60. The molecule has 0 saturated heterocycles. The molecule has 0 bridgehead atoms. The van der Waals surface area contributed by atoms with Gasteiger partial charge in [0.25, 0.3) is 0 Å². The van der Waals surface area contributed by atoms with Crippen molar-refractivity contribution in [1.29, 1.82) is 0 Å². The number of carbonyl (C=O) groups is 1. The number of likely N-dealkylation sites (N-methyl/N-ethyl adjacent to an activating group) is 1. The highest BCUT2D eigenvalue weighted by Crippen LogP contribution is 2.30. The molecular weight excluding hydrogens is 386 g/mol. The van der Waals surface area contributed by atoms with Gasteiger partial charge in [0.15, 0.2) is 5.43 Å². The van der Waals surface area contributed by atoms with Crippen LogP contribution in [-0.4, -0.2) is 44.6 Å². The molecular formula is C22H27N3O3S. The summed E-state index contributed by atoms with van der Waals surface area (Å²) >= 11 is 1.56. The minimum Gasteiger partial charge on any atom is -0.497 e. The molecule has 0 aliphatic rings. The molecule has 3 aromatic rings. The lowest BCUT2D eigenvalue weighted by Crippen LogP contribution is -2.39. The van der Waals surface area contributed by atoms with E-state index in [1.165, 1.54) is 0 Å². The zero-order valence-corrected chi connectivity index (χ0v) is 17.8. The van der Waals surface area contributed by atoms with Crippen LogP contribution in [0.4, 0.5) is 0 Å². The van der Waals surface area contributed by atoms with Gasteiger partial charge in [-0.15, -0.1) is 11.3 Å². The Kier molecular flexibility index (Phi) is 7.19. The van der Waals surface area contributed by atoms with Crippen LogP contribution in [0.2, 0.25) is 0 Å². The first-order chi connectivity index (χ1) is 14.1. The van der Waals surface area contributed by atoms with Gasteiger partial charge in [0.1, 0.15) is 11.9 Å². The summed E-state index contributed by atoms with van der Waals surface area (Å²) in [6.45, 7) is 7.75. The van der Waals surface area contributed by atoms with Gasteiger partial charge in [-0.05, 0) is 37.4 Å². The molecule has 29 heavy (non-hydrogen) atoms. The molecule has 2 N–H and O–H groups in total. The van der Waals surface area contributed by atoms with Gasteiger partial charge in [-0.3, -0.25) is 14.9 Å². The highest BCUT2D eigenvalue weighted by molar-refractivity contribution is 7.24. The fraction of sp³-hybridized carbons (Fsp3) is 0.364. The van der Waals surface area contributed by atoms with Crippen molar-refractivity contribution in [2.75, 3.05) is 33.3 Å². The molecule has 1 unspecified atom stereocenters. The summed E-state index contributed by atoms with van der Waals surface area (Å²) in [7, 11) is 1.59. The molecule has 0 aliphatic carbocycles. The first-order valence-corrected chi connectivity index (χ1v) is 10.6. The number of benzene rings is 2. The largest absolute Gasteiger partial charge is 0.497 e. The smallest absolute Gasteiger partial charge is 0.208 e. The maximum atomic E-state index is 13.4. The number of amides is 1. The Labute approximate surface area is 174 Å². The Morgan fingerprint density at radius 2 is 1.97 bits per heavy atom. The highest BCUT2D eigenvalue weighted by Gasteiger charge is 2.17. The Hall–Kier alpha value is -2.48. The average molecular weight is 414 g/mol. The number of hydrogen-bond acceptors (Lipinski definition) is 6. The molecule has 6 nitrogen and oxygen atoms in total. The quantitative estimate of drug-likeness (QED) is 0.304. The van der Waals surface area contributed by atoms with Crippen LogP contribution < -0.4 is 20.8 Å². The number of carbonyl (C=O) groups excluding carboxylic acids is 1. The van der Waals surface area contributed by atoms with Crippen LogP contribution in [0.5, 0.6) is 5.75 Å². The molecule has 154 valence electrons. The van der Waals surface area contributed by atoms with Crippen molar-refractivity contribution in [3.05, 3.63) is 52.2 Å². The van der Waals surface area contributed by atoms with Crippen LogP contribution in [0.1, 0.15) is 25.6 Å². The third-order valence-corrected chi connectivity index (χ3v) is 6.29. The summed E-state index contributed by atoms with van der Waals surface area (Å²) < 4.78 is 7.10. The maximum Gasteiger partial charge on any atom is 0.208 e. The molecule has 1 amide bonds. The summed E-state index contributed by atoms with van der Waals surface area (Å²) in [6.07, 6.45) is 0.237. The minimum atomic E-state index is -0.435. The summed E-state index contributed by atoms with van der Waals surface area (Å²) in [4.78, 5) is 26.9. The predicted octanol–water partition coefficient (Wildman–Crippen LogP) is 3.10. The molecule has 7 heteroatoms. The highest BCUT2D eigenvalue weighted by atomic mass is 32.1. The molecule has 0 spiro atoms. The summed E-state index contributed by atoms with van der Waals surface area (Å²) in [5, 5.41) is 7.47. The number of rotatable bonds is 10.